The smallest absolute Gasteiger partial charge is 0.252 e. The average Bonchev–Trinajstić information content (AvgIpc) is 3.54. The molecule has 1 heterocycles. The minimum Gasteiger partial charge on any atom is -0.345 e. The van der Waals surface area contributed by atoms with Gasteiger partial charge in [-0.15, -0.1) is 23.1 Å². The summed E-state index contributed by atoms with van der Waals surface area (Å²) in [6.07, 6.45) is 1.96. The lowest BCUT2D eigenvalue weighted by atomic mass is 10.1. The number of aryl methyl sites for hydroxylation is 1. The van der Waals surface area contributed by atoms with Crippen molar-refractivity contribution in [1.29, 1.82) is 0 Å². The molecule has 1 atom stereocenters. The fourth-order valence-electron chi connectivity index (χ4n) is 3.21. The number of nitrogens with one attached hydrogen (secondary N) is 2. The summed E-state index contributed by atoms with van der Waals surface area (Å²) in [7, 11) is 0. The zero-order valence-corrected chi connectivity index (χ0v) is 19.2. The third-order valence-corrected chi connectivity index (χ3v) is 7.08. The Kier molecular flexibility index (Phi) is 6.73. The molecule has 2 aromatic carbocycles. The van der Waals surface area contributed by atoms with E-state index in [0.29, 0.717) is 5.56 Å². The van der Waals surface area contributed by atoms with Gasteiger partial charge >= 0.3 is 0 Å². The lowest BCUT2D eigenvalue weighted by Gasteiger charge is -2.16. The Morgan fingerprint density at radius 3 is 2.58 bits per heavy atom. The molecule has 0 unspecified atom stereocenters. The maximum atomic E-state index is 13.0. The van der Waals surface area contributed by atoms with E-state index in [9.17, 15) is 9.59 Å². The van der Waals surface area contributed by atoms with E-state index in [1.807, 2.05) is 62.4 Å². The Labute approximate surface area is 190 Å². The summed E-state index contributed by atoms with van der Waals surface area (Å²) >= 11 is 3.26. The summed E-state index contributed by atoms with van der Waals surface area (Å²) in [4.78, 5) is 30.3. The second-order valence-corrected chi connectivity index (χ2v) is 9.80. The summed E-state index contributed by atoms with van der Waals surface area (Å²) < 4.78 is 0. The molecule has 0 radical (unpaired) electrons. The molecule has 1 fully saturated rings. The molecule has 160 valence electrons. The number of carbonyl (C=O) groups excluding carboxylic acids is 2. The van der Waals surface area contributed by atoms with Crippen LogP contribution >= 0.6 is 23.1 Å². The van der Waals surface area contributed by atoms with Crippen molar-refractivity contribution in [2.45, 2.75) is 43.4 Å². The first-order valence-electron chi connectivity index (χ1n) is 10.3. The Morgan fingerprint density at radius 2 is 1.90 bits per heavy atom. The van der Waals surface area contributed by atoms with Gasteiger partial charge in [-0.25, -0.2) is 4.98 Å². The Hall–Kier alpha value is -2.64. The number of hydrogen-bond donors (Lipinski definition) is 2. The molecule has 7 heteroatoms. The topological polar surface area (TPSA) is 71.1 Å². The monoisotopic (exact) mass is 451 g/mol. The number of thiazole rings is 1. The van der Waals surface area contributed by atoms with Crippen molar-refractivity contribution >= 4 is 40.6 Å². The average molecular weight is 452 g/mol. The molecule has 2 amide bonds. The van der Waals surface area contributed by atoms with Crippen molar-refractivity contribution in [2.24, 2.45) is 5.92 Å². The third-order valence-electron chi connectivity index (χ3n) is 5.15. The van der Waals surface area contributed by atoms with E-state index in [1.165, 1.54) is 0 Å². The van der Waals surface area contributed by atoms with Crippen LogP contribution in [0.25, 0.3) is 0 Å². The lowest BCUT2D eigenvalue weighted by Crippen LogP contribution is -2.27. The first kappa shape index (κ1) is 21.6. The van der Waals surface area contributed by atoms with Crippen LogP contribution in [-0.2, 0) is 10.5 Å². The van der Waals surface area contributed by atoms with Crippen molar-refractivity contribution in [2.75, 3.05) is 5.32 Å². The highest BCUT2D eigenvalue weighted by molar-refractivity contribution is 7.98. The highest BCUT2D eigenvalue weighted by atomic mass is 32.2. The van der Waals surface area contributed by atoms with Gasteiger partial charge < -0.3 is 10.6 Å². The van der Waals surface area contributed by atoms with E-state index >= 15 is 0 Å². The van der Waals surface area contributed by atoms with E-state index in [2.05, 4.69) is 21.0 Å². The number of amides is 2. The molecule has 1 aliphatic carbocycles. The summed E-state index contributed by atoms with van der Waals surface area (Å²) in [5.74, 6) is 0.903. The van der Waals surface area contributed by atoms with Crippen molar-refractivity contribution in [3.63, 3.8) is 0 Å². The van der Waals surface area contributed by atoms with Gasteiger partial charge in [0.05, 0.1) is 22.3 Å². The van der Waals surface area contributed by atoms with Gasteiger partial charge in [0, 0.05) is 27.6 Å². The highest BCUT2D eigenvalue weighted by Gasteiger charge is 2.29. The molecule has 2 N–H and O–H groups in total. The van der Waals surface area contributed by atoms with Gasteiger partial charge in [0.25, 0.3) is 5.91 Å². The second kappa shape index (κ2) is 9.66. The molecule has 4 rings (SSSR count). The number of nitrogens with zero attached hydrogens (tertiary/aromatic N) is 1. The standard InChI is InChI=1S/C24H25N3O2S2/c1-15(17-9-11-19(12-10-17)27-23(28)18-7-8-18)25-24(29)21-5-3-4-6-22(21)31-14-20-13-30-16(2)26-20/h3-6,9-13,15,18H,7-8,14H2,1-2H3,(H,25,29)(H,27,28)/t15-/m0/s1. The van der Waals surface area contributed by atoms with Crippen molar-refractivity contribution in [3.05, 3.63) is 75.7 Å². The highest BCUT2D eigenvalue weighted by Crippen LogP contribution is 2.30. The molecule has 1 saturated carbocycles. The van der Waals surface area contributed by atoms with E-state index in [-0.39, 0.29) is 23.8 Å². The van der Waals surface area contributed by atoms with Gasteiger partial charge in [-0.1, -0.05) is 24.3 Å². The van der Waals surface area contributed by atoms with Crippen LogP contribution in [0.15, 0.2) is 58.8 Å². The zero-order valence-electron chi connectivity index (χ0n) is 17.6. The maximum Gasteiger partial charge on any atom is 0.252 e. The molecular formula is C24H25N3O2S2. The van der Waals surface area contributed by atoms with Crippen molar-refractivity contribution in [3.8, 4) is 0 Å². The molecular weight excluding hydrogens is 426 g/mol. The van der Waals surface area contributed by atoms with Gasteiger partial charge in [-0.2, -0.15) is 0 Å². The fourth-order valence-corrected chi connectivity index (χ4v) is 4.87. The SMILES string of the molecule is Cc1nc(CSc2ccccc2C(=O)N[C@@H](C)c2ccc(NC(=O)C3CC3)cc2)cs1. The van der Waals surface area contributed by atoms with Gasteiger partial charge in [-0.05, 0) is 56.5 Å². The Bertz CT molecular complexity index is 1070. The first-order chi connectivity index (χ1) is 15.0. The zero-order chi connectivity index (χ0) is 21.8. The molecule has 31 heavy (non-hydrogen) atoms. The van der Waals surface area contributed by atoms with Crippen LogP contribution in [-0.4, -0.2) is 16.8 Å². The Morgan fingerprint density at radius 1 is 1.16 bits per heavy atom. The number of aromatic nitrogens is 1. The predicted molar refractivity (Wildman–Crippen MR) is 127 cm³/mol. The number of hydrogen-bond acceptors (Lipinski definition) is 5. The van der Waals surface area contributed by atoms with Crippen LogP contribution in [0, 0.1) is 12.8 Å². The van der Waals surface area contributed by atoms with Gasteiger partial charge in [0.2, 0.25) is 5.91 Å². The quantitative estimate of drug-likeness (QED) is 0.438. The number of rotatable bonds is 8. The Balaban J connectivity index is 1.37. The van der Waals surface area contributed by atoms with Crippen molar-refractivity contribution < 1.29 is 9.59 Å². The molecule has 0 aliphatic heterocycles. The molecule has 1 aliphatic rings. The lowest BCUT2D eigenvalue weighted by molar-refractivity contribution is -0.117. The molecule has 1 aromatic heterocycles. The second-order valence-electron chi connectivity index (χ2n) is 7.72. The number of benzene rings is 2. The maximum absolute atomic E-state index is 13.0. The van der Waals surface area contributed by atoms with E-state index in [4.69, 9.17) is 0 Å². The van der Waals surface area contributed by atoms with Crippen molar-refractivity contribution in [1.82, 2.24) is 10.3 Å². The molecule has 0 spiro atoms. The number of thioether (sulfide) groups is 1. The number of anilines is 1. The minimum atomic E-state index is -0.153. The summed E-state index contributed by atoms with van der Waals surface area (Å²) in [5.41, 5.74) is 3.48. The minimum absolute atomic E-state index is 0.0935. The van der Waals surface area contributed by atoms with Crippen LogP contribution in [0.1, 0.15) is 52.4 Å². The largest absolute Gasteiger partial charge is 0.345 e. The molecule has 3 aromatic rings. The summed E-state index contributed by atoms with van der Waals surface area (Å²) in [6.45, 7) is 3.96. The van der Waals surface area contributed by atoms with E-state index in [0.717, 1.165) is 45.4 Å². The van der Waals surface area contributed by atoms with Gasteiger partial charge in [0.15, 0.2) is 0 Å². The number of carbonyl (C=O) groups is 2. The molecule has 0 saturated heterocycles. The van der Waals surface area contributed by atoms with E-state index < -0.39 is 0 Å². The molecule has 5 nitrogen and oxygen atoms in total. The third kappa shape index (κ3) is 5.74. The fraction of sp³-hybridized carbons (Fsp3) is 0.292. The predicted octanol–water partition coefficient (Wildman–Crippen LogP) is 5.58. The van der Waals surface area contributed by atoms with Crippen LogP contribution < -0.4 is 10.6 Å². The van der Waals surface area contributed by atoms with E-state index in [1.54, 1.807) is 23.1 Å². The molecule has 0 bridgehead atoms. The first-order valence-corrected chi connectivity index (χ1v) is 12.2. The van der Waals surface area contributed by atoms with Crippen LogP contribution in [0.3, 0.4) is 0 Å². The van der Waals surface area contributed by atoms with Crippen LogP contribution in [0.4, 0.5) is 5.69 Å². The van der Waals surface area contributed by atoms with Crippen LogP contribution in [0.5, 0.6) is 0 Å². The van der Waals surface area contributed by atoms with Gasteiger partial charge in [0.1, 0.15) is 0 Å². The normalized spacial score (nSPS) is 14.1. The summed E-state index contributed by atoms with van der Waals surface area (Å²) in [5, 5.41) is 9.14. The van der Waals surface area contributed by atoms with Gasteiger partial charge in [-0.3, -0.25) is 9.59 Å². The van der Waals surface area contributed by atoms with Crippen LogP contribution in [0.2, 0.25) is 0 Å². The summed E-state index contributed by atoms with van der Waals surface area (Å²) in [6, 6.07) is 15.2.